The van der Waals surface area contributed by atoms with Crippen LogP contribution < -0.4 is 4.72 Å². The fraction of sp³-hybridized carbons (Fsp3) is 0.875. The first kappa shape index (κ1) is 14.7. The molecule has 0 aromatic rings. The molecule has 0 aromatic carbocycles. The van der Waals surface area contributed by atoms with E-state index in [0.717, 1.165) is 0 Å². The third kappa shape index (κ3) is 5.34. The van der Waals surface area contributed by atoms with E-state index in [2.05, 4.69) is 9.46 Å². The van der Waals surface area contributed by atoms with Crippen LogP contribution in [0.1, 0.15) is 20.3 Å². The maximum Gasteiger partial charge on any atom is 0.326 e. The van der Waals surface area contributed by atoms with Gasteiger partial charge in [0.15, 0.2) is 0 Å². The lowest BCUT2D eigenvalue weighted by atomic mass is 10.1. The molecule has 0 atom stereocenters. The summed E-state index contributed by atoms with van der Waals surface area (Å²) in [6.07, 6.45) is 0.341. The van der Waals surface area contributed by atoms with E-state index in [1.54, 1.807) is 0 Å². The number of alkyl halides is 1. The van der Waals surface area contributed by atoms with Gasteiger partial charge in [-0.2, -0.15) is 4.72 Å². The summed E-state index contributed by atoms with van der Waals surface area (Å²) in [5.74, 6) is -0.465. The Morgan fingerprint density at radius 2 is 2.00 bits per heavy atom. The molecule has 0 radical (unpaired) electrons. The van der Waals surface area contributed by atoms with Crippen molar-refractivity contribution in [3.05, 3.63) is 0 Å². The van der Waals surface area contributed by atoms with Gasteiger partial charge in [0.25, 0.3) is 0 Å². The lowest BCUT2D eigenvalue weighted by Crippen LogP contribution is -2.50. The number of hydrogen-bond acceptors (Lipinski definition) is 4. The van der Waals surface area contributed by atoms with Gasteiger partial charge in [0, 0.05) is 5.88 Å². The van der Waals surface area contributed by atoms with Crippen molar-refractivity contribution in [2.45, 2.75) is 25.8 Å². The highest BCUT2D eigenvalue weighted by molar-refractivity contribution is 7.89. The largest absolute Gasteiger partial charge is 0.468 e. The maximum atomic E-state index is 11.4. The predicted molar refractivity (Wildman–Crippen MR) is 58.4 cm³/mol. The van der Waals surface area contributed by atoms with E-state index in [1.165, 1.54) is 21.0 Å². The van der Waals surface area contributed by atoms with E-state index in [9.17, 15) is 13.2 Å². The number of sulfonamides is 1. The Hall–Kier alpha value is -0.330. The molecule has 0 aliphatic heterocycles. The summed E-state index contributed by atoms with van der Waals surface area (Å²) >= 11 is 5.38. The van der Waals surface area contributed by atoms with E-state index >= 15 is 0 Å². The quantitative estimate of drug-likeness (QED) is 0.555. The first-order valence-corrected chi connectivity index (χ1v) is 6.60. The second-order valence-corrected chi connectivity index (χ2v) is 5.80. The lowest BCUT2D eigenvalue weighted by Gasteiger charge is -2.22. The second kappa shape index (κ2) is 5.67. The molecule has 0 spiro atoms. The van der Waals surface area contributed by atoms with Crippen molar-refractivity contribution in [1.82, 2.24) is 4.72 Å². The Morgan fingerprint density at radius 3 is 2.40 bits per heavy atom. The number of carbonyl (C=O) groups is 1. The summed E-state index contributed by atoms with van der Waals surface area (Å²) in [5, 5.41) is 0. The molecule has 5 nitrogen and oxygen atoms in total. The Labute approximate surface area is 95.2 Å². The highest BCUT2D eigenvalue weighted by atomic mass is 35.5. The number of methoxy groups -OCH3 is 1. The van der Waals surface area contributed by atoms with Crippen LogP contribution in [0.25, 0.3) is 0 Å². The molecular formula is C8H16ClNO4S. The van der Waals surface area contributed by atoms with Crippen LogP contribution in [-0.2, 0) is 19.6 Å². The van der Waals surface area contributed by atoms with Crippen LogP contribution in [0.4, 0.5) is 0 Å². The summed E-state index contributed by atoms with van der Waals surface area (Å²) in [5.41, 5.74) is -1.25. The molecule has 0 unspecified atom stereocenters. The molecule has 0 aliphatic carbocycles. The van der Waals surface area contributed by atoms with Crippen LogP contribution >= 0.6 is 11.6 Å². The van der Waals surface area contributed by atoms with Gasteiger partial charge in [-0.05, 0) is 20.3 Å². The minimum atomic E-state index is -3.49. The molecule has 0 saturated carbocycles. The number of nitrogens with one attached hydrogen (secondary N) is 1. The average molecular weight is 258 g/mol. The Morgan fingerprint density at radius 1 is 1.47 bits per heavy atom. The molecule has 0 rings (SSSR count). The number of hydrogen-bond donors (Lipinski definition) is 1. The Bertz CT molecular complexity index is 313. The highest BCUT2D eigenvalue weighted by Crippen LogP contribution is 2.07. The van der Waals surface area contributed by atoms with Crippen LogP contribution in [0, 0.1) is 0 Å². The number of rotatable bonds is 6. The zero-order valence-corrected chi connectivity index (χ0v) is 10.6. The molecule has 1 N–H and O–H groups in total. The van der Waals surface area contributed by atoms with Gasteiger partial charge in [0.1, 0.15) is 5.54 Å². The van der Waals surface area contributed by atoms with Crippen LogP contribution in [0.2, 0.25) is 0 Å². The number of ether oxygens (including phenoxy) is 1. The standard InChI is InChI=1S/C8H16ClNO4S/c1-8(2,7(11)14-3)10-15(12,13)6-4-5-9/h10H,4-6H2,1-3H3. The SMILES string of the molecule is COC(=O)C(C)(C)NS(=O)(=O)CCCCl. The van der Waals surface area contributed by atoms with Crippen molar-refractivity contribution in [1.29, 1.82) is 0 Å². The van der Waals surface area contributed by atoms with Gasteiger partial charge in [-0.15, -0.1) is 11.6 Å². The first-order valence-electron chi connectivity index (χ1n) is 4.41. The fourth-order valence-corrected chi connectivity index (χ4v) is 2.76. The van der Waals surface area contributed by atoms with Crippen molar-refractivity contribution in [2.24, 2.45) is 0 Å². The van der Waals surface area contributed by atoms with Gasteiger partial charge in [-0.3, -0.25) is 4.79 Å². The van der Waals surface area contributed by atoms with E-state index in [-0.39, 0.29) is 11.6 Å². The van der Waals surface area contributed by atoms with Crippen LogP contribution in [0.5, 0.6) is 0 Å². The lowest BCUT2D eigenvalue weighted by molar-refractivity contribution is -0.146. The Balaban J connectivity index is 4.51. The molecular weight excluding hydrogens is 242 g/mol. The fourth-order valence-electron chi connectivity index (χ4n) is 0.981. The number of esters is 1. The summed E-state index contributed by atoms with van der Waals surface area (Å²) in [7, 11) is -2.29. The van der Waals surface area contributed by atoms with Crippen molar-refractivity contribution >= 4 is 27.6 Å². The first-order chi connectivity index (χ1) is 6.75. The highest BCUT2D eigenvalue weighted by Gasteiger charge is 2.32. The van der Waals surface area contributed by atoms with Gasteiger partial charge < -0.3 is 4.74 Å². The molecule has 0 fully saturated rings. The zero-order valence-electron chi connectivity index (χ0n) is 9.04. The van der Waals surface area contributed by atoms with Crippen molar-refractivity contribution in [2.75, 3.05) is 18.7 Å². The van der Waals surface area contributed by atoms with Crippen LogP contribution in [-0.4, -0.2) is 38.7 Å². The smallest absolute Gasteiger partial charge is 0.326 e. The maximum absolute atomic E-state index is 11.4. The van der Waals surface area contributed by atoms with Crippen molar-refractivity contribution < 1.29 is 17.9 Å². The third-order valence-corrected chi connectivity index (χ3v) is 3.57. The molecule has 0 saturated heterocycles. The number of halogens is 1. The normalized spacial score (nSPS) is 12.5. The summed E-state index contributed by atoms with van der Waals surface area (Å²) in [6, 6.07) is 0. The van der Waals surface area contributed by atoms with Crippen molar-refractivity contribution in [3.63, 3.8) is 0 Å². The summed E-state index contributed by atoms with van der Waals surface area (Å²) in [6.45, 7) is 2.88. The average Bonchev–Trinajstić information content (AvgIpc) is 2.11. The van der Waals surface area contributed by atoms with Gasteiger partial charge in [0.05, 0.1) is 12.9 Å². The van der Waals surface area contributed by atoms with Gasteiger partial charge in [-0.1, -0.05) is 0 Å². The molecule has 0 heterocycles. The topological polar surface area (TPSA) is 72.5 Å². The molecule has 0 aliphatic rings. The second-order valence-electron chi connectivity index (χ2n) is 3.58. The van der Waals surface area contributed by atoms with E-state index < -0.39 is 21.5 Å². The van der Waals surface area contributed by atoms with Gasteiger partial charge in [-0.25, -0.2) is 8.42 Å². The van der Waals surface area contributed by atoms with Crippen LogP contribution in [0.15, 0.2) is 0 Å². The molecule has 15 heavy (non-hydrogen) atoms. The molecule has 0 amide bonds. The zero-order chi connectivity index (χ0) is 12.1. The summed E-state index contributed by atoms with van der Waals surface area (Å²) < 4.78 is 29.6. The molecule has 0 aromatic heterocycles. The minimum absolute atomic E-state index is 0.100. The predicted octanol–water partition coefficient (Wildman–Crippen LogP) is 0.486. The Kier molecular flexibility index (Phi) is 5.55. The molecule has 7 heteroatoms. The molecule has 90 valence electrons. The monoisotopic (exact) mass is 257 g/mol. The molecule has 0 bridgehead atoms. The van der Waals surface area contributed by atoms with Crippen molar-refractivity contribution in [3.8, 4) is 0 Å². The van der Waals surface area contributed by atoms with E-state index in [0.29, 0.717) is 6.42 Å². The van der Waals surface area contributed by atoms with E-state index in [1.807, 2.05) is 0 Å². The van der Waals surface area contributed by atoms with Gasteiger partial charge >= 0.3 is 5.97 Å². The third-order valence-electron chi connectivity index (χ3n) is 1.65. The van der Waals surface area contributed by atoms with Gasteiger partial charge in [0.2, 0.25) is 10.0 Å². The minimum Gasteiger partial charge on any atom is -0.468 e. The van der Waals surface area contributed by atoms with Crippen LogP contribution in [0.3, 0.4) is 0 Å². The van der Waals surface area contributed by atoms with E-state index in [4.69, 9.17) is 11.6 Å². The summed E-state index contributed by atoms with van der Waals surface area (Å²) in [4.78, 5) is 11.2. The number of carbonyl (C=O) groups excluding carboxylic acids is 1.